The van der Waals surface area contributed by atoms with Crippen LogP contribution in [0.4, 0.5) is 30.4 Å². The second kappa shape index (κ2) is 7.53. The Morgan fingerprint density at radius 1 is 1.11 bits per heavy atom. The predicted molar refractivity (Wildman–Crippen MR) is 106 cm³/mol. The van der Waals surface area contributed by atoms with E-state index in [2.05, 4.69) is 20.6 Å². The standard InChI is InChI=1S/C20H22F3N5/c1-4-25-16-5-6-18-17(10-16)19(28-12(3)27-18)26-11(2)13-7-14(20(21,22)23)9-15(24)8-13/h5-11,25H,4,24H2,1-3H3,(H,26,27,28)/t11-/m1/s1. The van der Waals surface area contributed by atoms with E-state index in [1.54, 1.807) is 13.8 Å². The molecule has 1 aromatic heterocycles. The molecule has 1 atom stereocenters. The molecule has 0 amide bonds. The Morgan fingerprint density at radius 2 is 1.86 bits per heavy atom. The summed E-state index contributed by atoms with van der Waals surface area (Å²) in [5.74, 6) is 1.13. The molecule has 28 heavy (non-hydrogen) atoms. The second-order valence-electron chi connectivity index (χ2n) is 6.63. The number of alkyl halides is 3. The normalized spacial score (nSPS) is 12.8. The highest BCUT2D eigenvalue weighted by molar-refractivity contribution is 5.91. The molecular weight excluding hydrogens is 367 g/mol. The first-order chi connectivity index (χ1) is 13.2. The van der Waals surface area contributed by atoms with Crippen LogP contribution in [0.25, 0.3) is 10.9 Å². The zero-order valence-electron chi connectivity index (χ0n) is 15.9. The van der Waals surface area contributed by atoms with Crippen LogP contribution in [0.2, 0.25) is 0 Å². The van der Waals surface area contributed by atoms with Crippen LogP contribution in [0, 0.1) is 6.92 Å². The van der Waals surface area contributed by atoms with Crippen molar-refractivity contribution in [1.29, 1.82) is 0 Å². The molecule has 5 nitrogen and oxygen atoms in total. The van der Waals surface area contributed by atoms with Crippen molar-refractivity contribution >= 4 is 28.1 Å². The summed E-state index contributed by atoms with van der Waals surface area (Å²) in [6, 6.07) is 8.88. The number of nitrogen functional groups attached to an aromatic ring is 1. The summed E-state index contributed by atoms with van der Waals surface area (Å²) in [6.07, 6.45) is -4.46. The molecule has 0 saturated heterocycles. The van der Waals surface area contributed by atoms with E-state index in [9.17, 15) is 13.2 Å². The van der Waals surface area contributed by atoms with Crippen molar-refractivity contribution in [1.82, 2.24) is 9.97 Å². The third kappa shape index (κ3) is 4.27. The third-order valence-electron chi connectivity index (χ3n) is 4.35. The number of rotatable bonds is 5. The monoisotopic (exact) mass is 389 g/mol. The summed E-state index contributed by atoms with van der Waals surface area (Å²) in [5.41, 5.74) is 7.10. The fourth-order valence-corrected chi connectivity index (χ4v) is 3.05. The lowest BCUT2D eigenvalue weighted by atomic mass is 10.0. The molecule has 0 aliphatic carbocycles. The summed E-state index contributed by atoms with van der Waals surface area (Å²) in [6.45, 7) is 6.30. The van der Waals surface area contributed by atoms with Gasteiger partial charge in [-0.25, -0.2) is 9.97 Å². The maximum absolute atomic E-state index is 13.1. The molecule has 0 aliphatic heterocycles. The number of aromatic nitrogens is 2. The minimum Gasteiger partial charge on any atom is -0.399 e. The van der Waals surface area contributed by atoms with E-state index >= 15 is 0 Å². The number of anilines is 3. The minimum absolute atomic E-state index is 0.0663. The Morgan fingerprint density at radius 3 is 2.54 bits per heavy atom. The molecule has 0 aliphatic rings. The molecule has 0 spiro atoms. The number of fused-ring (bicyclic) bond motifs is 1. The number of hydrogen-bond donors (Lipinski definition) is 3. The molecule has 148 valence electrons. The summed E-state index contributed by atoms with van der Waals surface area (Å²) < 4.78 is 39.3. The van der Waals surface area contributed by atoms with Crippen LogP contribution in [-0.2, 0) is 6.18 Å². The van der Waals surface area contributed by atoms with E-state index in [-0.39, 0.29) is 5.69 Å². The highest BCUT2D eigenvalue weighted by Gasteiger charge is 2.31. The Bertz CT molecular complexity index is 1000. The van der Waals surface area contributed by atoms with Crippen LogP contribution in [-0.4, -0.2) is 16.5 Å². The number of benzene rings is 2. The van der Waals surface area contributed by atoms with Gasteiger partial charge < -0.3 is 16.4 Å². The number of nitrogens with one attached hydrogen (secondary N) is 2. The molecule has 1 heterocycles. The summed E-state index contributed by atoms with van der Waals surface area (Å²) in [5, 5.41) is 7.24. The van der Waals surface area contributed by atoms with E-state index in [4.69, 9.17) is 5.73 Å². The molecule has 0 radical (unpaired) electrons. The van der Waals surface area contributed by atoms with Gasteiger partial charge in [0.1, 0.15) is 11.6 Å². The average Bonchev–Trinajstić information content (AvgIpc) is 2.61. The quantitative estimate of drug-likeness (QED) is 0.527. The number of nitrogens with zero attached hydrogens (tertiary/aromatic N) is 2. The SMILES string of the molecule is CCNc1ccc2nc(C)nc(N[C@H](C)c3cc(N)cc(C(F)(F)F)c3)c2c1. The Balaban J connectivity index is 2.00. The first-order valence-corrected chi connectivity index (χ1v) is 8.94. The van der Waals surface area contributed by atoms with Gasteiger partial charge in [0.05, 0.1) is 17.1 Å². The van der Waals surface area contributed by atoms with Gasteiger partial charge in [-0.3, -0.25) is 0 Å². The van der Waals surface area contributed by atoms with Gasteiger partial charge in [-0.15, -0.1) is 0 Å². The predicted octanol–water partition coefficient (Wildman–Crippen LogP) is 5.14. The van der Waals surface area contributed by atoms with Gasteiger partial charge in [0.25, 0.3) is 0 Å². The van der Waals surface area contributed by atoms with Crippen LogP contribution in [0.5, 0.6) is 0 Å². The molecular formula is C20H22F3N5. The average molecular weight is 389 g/mol. The van der Waals surface area contributed by atoms with Gasteiger partial charge in [0.15, 0.2) is 0 Å². The number of nitrogens with two attached hydrogens (primary N) is 1. The molecule has 4 N–H and O–H groups in total. The summed E-state index contributed by atoms with van der Waals surface area (Å²) in [4.78, 5) is 8.89. The smallest absolute Gasteiger partial charge is 0.399 e. The molecule has 8 heteroatoms. The lowest BCUT2D eigenvalue weighted by Crippen LogP contribution is -2.13. The van der Waals surface area contributed by atoms with Crippen molar-refractivity contribution in [3.8, 4) is 0 Å². The van der Waals surface area contributed by atoms with Crippen molar-refractivity contribution in [3.05, 3.63) is 53.3 Å². The van der Waals surface area contributed by atoms with Crippen LogP contribution in [0.1, 0.15) is 36.8 Å². The van der Waals surface area contributed by atoms with Crippen molar-refractivity contribution in [2.24, 2.45) is 0 Å². The Labute approximate surface area is 161 Å². The fraction of sp³-hybridized carbons (Fsp3) is 0.300. The lowest BCUT2D eigenvalue weighted by molar-refractivity contribution is -0.137. The number of halogens is 3. The van der Waals surface area contributed by atoms with E-state index in [0.29, 0.717) is 17.2 Å². The van der Waals surface area contributed by atoms with Crippen LogP contribution in [0.15, 0.2) is 36.4 Å². The van der Waals surface area contributed by atoms with Gasteiger partial charge >= 0.3 is 6.18 Å². The molecule has 2 aromatic carbocycles. The molecule has 0 fully saturated rings. The Hall–Kier alpha value is -3.03. The zero-order valence-corrected chi connectivity index (χ0v) is 15.9. The largest absolute Gasteiger partial charge is 0.416 e. The fourth-order valence-electron chi connectivity index (χ4n) is 3.05. The maximum Gasteiger partial charge on any atom is 0.416 e. The minimum atomic E-state index is -4.46. The van der Waals surface area contributed by atoms with Crippen LogP contribution < -0.4 is 16.4 Å². The first kappa shape index (κ1) is 19.7. The van der Waals surface area contributed by atoms with Gasteiger partial charge in [-0.2, -0.15) is 13.2 Å². The number of hydrogen-bond acceptors (Lipinski definition) is 5. The van der Waals surface area contributed by atoms with Crippen molar-refractivity contribution < 1.29 is 13.2 Å². The van der Waals surface area contributed by atoms with E-state index in [1.165, 1.54) is 6.07 Å². The van der Waals surface area contributed by atoms with E-state index in [1.807, 2.05) is 25.1 Å². The molecule has 0 saturated carbocycles. The first-order valence-electron chi connectivity index (χ1n) is 8.94. The van der Waals surface area contributed by atoms with E-state index in [0.717, 1.165) is 35.3 Å². The molecule has 0 unspecified atom stereocenters. The van der Waals surface area contributed by atoms with Crippen molar-refractivity contribution in [2.75, 3.05) is 22.9 Å². The van der Waals surface area contributed by atoms with Gasteiger partial charge in [-0.1, -0.05) is 0 Å². The van der Waals surface area contributed by atoms with Gasteiger partial charge in [0, 0.05) is 23.3 Å². The Kier molecular flexibility index (Phi) is 5.31. The van der Waals surface area contributed by atoms with Gasteiger partial charge in [-0.05, 0) is 62.7 Å². The molecule has 0 bridgehead atoms. The second-order valence-corrected chi connectivity index (χ2v) is 6.63. The van der Waals surface area contributed by atoms with Gasteiger partial charge in [0.2, 0.25) is 0 Å². The van der Waals surface area contributed by atoms with Crippen molar-refractivity contribution in [2.45, 2.75) is 33.0 Å². The molecule has 3 rings (SSSR count). The summed E-state index contributed by atoms with van der Waals surface area (Å²) in [7, 11) is 0. The summed E-state index contributed by atoms with van der Waals surface area (Å²) >= 11 is 0. The zero-order chi connectivity index (χ0) is 20.5. The van der Waals surface area contributed by atoms with Crippen molar-refractivity contribution in [3.63, 3.8) is 0 Å². The van der Waals surface area contributed by atoms with Crippen LogP contribution >= 0.6 is 0 Å². The molecule has 3 aromatic rings. The van der Waals surface area contributed by atoms with Crippen LogP contribution in [0.3, 0.4) is 0 Å². The highest BCUT2D eigenvalue weighted by Crippen LogP contribution is 2.34. The lowest BCUT2D eigenvalue weighted by Gasteiger charge is -2.19. The maximum atomic E-state index is 13.1. The topological polar surface area (TPSA) is 75.9 Å². The highest BCUT2D eigenvalue weighted by atomic mass is 19.4. The number of aryl methyl sites for hydroxylation is 1. The van der Waals surface area contributed by atoms with E-state index < -0.39 is 17.8 Å². The third-order valence-corrected chi connectivity index (χ3v) is 4.35.